The molecular formula is C17H18FN5O2S. The average molecular weight is 375 g/mol. The maximum absolute atomic E-state index is 13.9. The lowest BCUT2D eigenvalue weighted by molar-refractivity contribution is 0.0630. The second-order valence-corrected chi connectivity index (χ2v) is 7.25. The van der Waals surface area contributed by atoms with Crippen molar-refractivity contribution in [3.63, 3.8) is 0 Å². The first-order chi connectivity index (χ1) is 12.6. The molecule has 0 radical (unpaired) electrons. The third kappa shape index (κ3) is 3.39. The van der Waals surface area contributed by atoms with Crippen molar-refractivity contribution in [1.29, 1.82) is 0 Å². The summed E-state index contributed by atoms with van der Waals surface area (Å²) in [4.78, 5) is 1.44. The van der Waals surface area contributed by atoms with Crippen LogP contribution in [0.25, 0.3) is 16.3 Å². The molecule has 1 aliphatic carbocycles. The van der Waals surface area contributed by atoms with E-state index in [0.29, 0.717) is 34.3 Å². The van der Waals surface area contributed by atoms with Gasteiger partial charge in [-0.15, -0.1) is 5.10 Å². The highest BCUT2D eigenvalue weighted by atomic mass is 32.1. The van der Waals surface area contributed by atoms with Crippen molar-refractivity contribution in [3.8, 4) is 27.2 Å². The fourth-order valence-electron chi connectivity index (χ4n) is 2.97. The first-order valence-electron chi connectivity index (χ1n) is 8.47. The van der Waals surface area contributed by atoms with Crippen LogP contribution in [0.2, 0.25) is 0 Å². The zero-order valence-electron chi connectivity index (χ0n) is 14.2. The molecule has 2 heterocycles. The molecule has 0 unspecified atom stereocenters. The van der Waals surface area contributed by atoms with E-state index >= 15 is 0 Å². The molecule has 2 aromatic heterocycles. The van der Waals surface area contributed by atoms with Crippen LogP contribution < -0.4 is 4.74 Å². The normalized spacial score (nSPS) is 20.2. The van der Waals surface area contributed by atoms with Gasteiger partial charge in [0.15, 0.2) is 5.01 Å². The highest BCUT2D eigenvalue weighted by Crippen LogP contribution is 2.36. The van der Waals surface area contributed by atoms with E-state index in [0.717, 1.165) is 18.5 Å². The van der Waals surface area contributed by atoms with Crippen molar-refractivity contribution in [1.82, 2.24) is 25.2 Å². The lowest BCUT2D eigenvalue weighted by atomic mass is 9.96. The van der Waals surface area contributed by atoms with Gasteiger partial charge in [-0.1, -0.05) is 22.9 Å². The van der Waals surface area contributed by atoms with E-state index in [2.05, 4.69) is 20.4 Å². The molecule has 0 spiro atoms. The fourth-order valence-corrected chi connectivity index (χ4v) is 3.75. The molecule has 26 heavy (non-hydrogen) atoms. The fraction of sp³-hybridized carbons (Fsp3) is 0.412. The van der Waals surface area contributed by atoms with E-state index in [9.17, 15) is 9.50 Å². The van der Waals surface area contributed by atoms with Gasteiger partial charge in [-0.3, -0.25) is 0 Å². The van der Waals surface area contributed by atoms with Crippen molar-refractivity contribution < 1.29 is 14.2 Å². The van der Waals surface area contributed by atoms with Crippen LogP contribution in [0.3, 0.4) is 0 Å². The number of hydrogen-bond donors (Lipinski definition) is 1. The van der Waals surface area contributed by atoms with E-state index in [4.69, 9.17) is 4.74 Å². The number of aromatic hydroxyl groups is 1. The highest BCUT2D eigenvalue weighted by Gasteiger charge is 2.27. The zero-order chi connectivity index (χ0) is 18.1. The largest absolute Gasteiger partial charge is 0.507 e. The molecule has 0 saturated heterocycles. The molecule has 1 saturated carbocycles. The Labute approximate surface area is 153 Å². The van der Waals surface area contributed by atoms with Gasteiger partial charge in [0.05, 0.1) is 23.1 Å². The van der Waals surface area contributed by atoms with Gasteiger partial charge in [0, 0.05) is 6.07 Å². The Morgan fingerprint density at radius 2 is 2.12 bits per heavy atom. The van der Waals surface area contributed by atoms with Crippen LogP contribution in [0.4, 0.5) is 4.39 Å². The summed E-state index contributed by atoms with van der Waals surface area (Å²) >= 11 is 1.19. The van der Waals surface area contributed by atoms with E-state index in [1.807, 2.05) is 6.92 Å². The molecule has 1 fully saturated rings. The van der Waals surface area contributed by atoms with Gasteiger partial charge in [0.25, 0.3) is 5.19 Å². The average Bonchev–Trinajstić information content (AvgIpc) is 3.26. The summed E-state index contributed by atoms with van der Waals surface area (Å²) in [5, 5.41) is 27.6. The minimum absolute atomic E-state index is 0.0428. The number of hydrogen-bond acceptors (Lipinski definition) is 7. The summed E-state index contributed by atoms with van der Waals surface area (Å²) in [6.45, 7) is 1.84. The van der Waals surface area contributed by atoms with E-state index in [1.54, 1.807) is 24.4 Å². The minimum atomic E-state index is -0.964. The number of aromatic nitrogens is 5. The molecule has 136 valence electrons. The van der Waals surface area contributed by atoms with Crippen LogP contribution in [-0.2, 0) is 0 Å². The third-order valence-corrected chi connectivity index (χ3v) is 5.18. The molecule has 1 N–H and O–H groups in total. The predicted octanol–water partition coefficient (Wildman–Crippen LogP) is 3.46. The van der Waals surface area contributed by atoms with Crippen LogP contribution in [0.5, 0.6) is 10.9 Å². The summed E-state index contributed by atoms with van der Waals surface area (Å²) in [7, 11) is 0. The van der Waals surface area contributed by atoms with Crippen LogP contribution >= 0.6 is 11.3 Å². The summed E-state index contributed by atoms with van der Waals surface area (Å²) in [5.74, 6) is 0.0428. The smallest absolute Gasteiger partial charge is 0.294 e. The molecule has 0 aliphatic heterocycles. The number of phenols is 1. The van der Waals surface area contributed by atoms with Gasteiger partial charge in [0.1, 0.15) is 18.0 Å². The van der Waals surface area contributed by atoms with Crippen LogP contribution in [0, 0.1) is 6.92 Å². The van der Waals surface area contributed by atoms with Crippen molar-refractivity contribution in [2.24, 2.45) is 0 Å². The lowest BCUT2D eigenvalue weighted by Crippen LogP contribution is -2.31. The van der Waals surface area contributed by atoms with E-state index < -0.39 is 12.3 Å². The summed E-state index contributed by atoms with van der Waals surface area (Å²) in [5.41, 5.74) is 1.96. The van der Waals surface area contributed by atoms with Crippen LogP contribution in [0.15, 0.2) is 24.4 Å². The van der Waals surface area contributed by atoms with Crippen molar-refractivity contribution in [2.45, 2.75) is 44.9 Å². The Hall–Kier alpha value is -2.55. The third-order valence-electron chi connectivity index (χ3n) is 4.33. The molecule has 4 rings (SSSR count). The van der Waals surface area contributed by atoms with Gasteiger partial charge in [-0.25, -0.2) is 4.39 Å². The molecule has 1 aromatic carbocycles. The molecule has 7 nitrogen and oxygen atoms in total. The minimum Gasteiger partial charge on any atom is -0.507 e. The van der Waals surface area contributed by atoms with Crippen LogP contribution in [0.1, 0.15) is 31.4 Å². The van der Waals surface area contributed by atoms with E-state index in [-0.39, 0.29) is 5.75 Å². The van der Waals surface area contributed by atoms with Gasteiger partial charge in [0.2, 0.25) is 0 Å². The quantitative estimate of drug-likeness (QED) is 0.752. The Bertz CT molecular complexity index is 912. The predicted molar refractivity (Wildman–Crippen MR) is 94.4 cm³/mol. The highest BCUT2D eigenvalue weighted by molar-refractivity contribution is 7.16. The molecular weight excluding hydrogens is 357 g/mol. The van der Waals surface area contributed by atoms with Crippen molar-refractivity contribution in [2.75, 3.05) is 0 Å². The lowest BCUT2D eigenvalue weighted by Gasteiger charge is -2.24. The monoisotopic (exact) mass is 375 g/mol. The molecule has 2 atom stereocenters. The van der Waals surface area contributed by atoms with Crippen LogP contribution in [-0.4, -0.2) is 42.6 Å². The Kier molecular flexibility index (Phi) is 4.54. The second-order valence-electron chi connectivity index (χ2n) is 6.31. The molecule has 9 heteroatoms. The van der Waals surface area contributed by atoms with Gasteiger partial charge in [-0.2, -0.15) is 15.0 Å². The second kappa shape index (κ2) is 6.99. The SMILES string of the molecule is Cc1cnn(-c2ccc(-c3nnc(O[C@H]4CCCC[C@@H]4F)s3)c(O)c2)n1. The number of phenolic OH excluding ortho intramolecular Hbond substituents is 1. The number of benzene rings is 1. The zero-order valence-corrected chi connectivity index (χ0v) is 15.0. The van der Waals surface area contributed by atoms with Gasteiger partial charge >= 0.3 is 0 Å². The number of halogens is 1. The van der Waals surface area contributed by atoms with Gasteiger partial charge in [-0.05, 0) is 38.3 Å². The molecule has 0 bridgehead atoms. The summed E-state index contributed by atoms with van der Waals surface area (Å²) in [6.07, 6.45) is 3.28. The Balaban J connectivity index is 1.53. The molecule has 1 aliphatic rings. The van der Waals surface area contributed by atoms with Gasteiger partial charge < -0.3 is 9.84 Å². The summed E-state index contributed by atoms with van der Waals surface area (Å²) in [6, 6.07) is 5.08. The summed E-state index contributed by atoms with van der Waals surface area (Å²) < 4.78 is 19.6. The number of nitrogens with zero attached hydrogens (tertiary/aromatic N) is 5. The van der Waals surface area contributed by atoms with E-state index in [1.165, 1.54) is 16.1 Å². The molecule has 0 amide bonds. The molecule has 3 aromatic rings. The Morgan fingerprint density at radius 3 is 2.85 bits per heavy atom. The number of rotatable bonds is 4. The number of ether oxygens (including phenoxy) is 1. The Morgan fingerprint density at radius 1 is 1.27 bits per heavy atom. The number of aryl methyl sites for hydroxylation is 1. The first kappa shape index (κ1) is 16.9. The number of alkyl halides is 1. The maximum Gasteiger partial charge on any atom is 0.294 e. The van der Waals surface area contributed by atoms with Crippen molar-refractivity contribution >= 4 is 11.3 Å². The van der Waals surface area contributed by atoms with Crippen molar-refractivity contribution in [3.05, 3.63) is 30.1 Å². The first-order valence-corrected chi connectivity index (χ1v) is 9.29. The maximum atomic E-state index is 13.9. The standard InChI is InChI=1S/C17H18FN5O2S/c1-10-9-19-23(22-10)11-6-7-12(14(24)8-11)16-20-21-17(26-16)25-15-5-3-2-4-13(15)18/h6-9,13,15,24H,2-5H2,1H3/t13-,15-/m0/s1. The topological polar surface area (TPSA) is 86.0 Å².